The van der Waals surface area contributed by atoms with Crippen LogP contribution in [0.3, 0.4) is 0 Å². The van der Waals surface area contributed by atoms with Crippen molar-refractivity contribution in [3.05, 3.63) is 71.8 Å². The molecule has 0 N–H and O–H groups in total. The Morgan fingerprint density at radius 3 is 2.00 bits per heavy atom. The molecule has 0 saturated carbocycles. The molecule has 0 fully saturated rings. The second-order valence-electron chi connectivity index (χ2n) is 4.14. The first-order valence-corrected chi connectivity index (χ1v) is 7.30. The lowest BCUT2D eigenvalue weighted by atomic mass is 10.0. The normalized spacial score (nSPS) is 13.2. The van der Waals surface area contributed by atoms with Gasteiger partial charge in [-0.1, -0.05) is 60.7 Å². The van der Waals surface area contributed by atoms with Crippen molar-refractivity contribution in [2.75, 3.05) is 0 Å². The van der Waals surface area contributed by atoms with Crippen LogP contribution >= 0.6 is 7.82 Å². The van der Waals surface area contributed by atoms with Gasteiger partial charge in [0.15, 0.2) is 0 Å². The topological polar surface area (TPSA) is 72.4 Å². The second kappa shape index (κ2) is 6.13. The molecule has 0 radical (unpaired) electrons. The van der Waals surface area contributed by atoms with Gasteiger partial charge in [-0.3, -0.25) is 0 Å². The fraction of sp³-hybridized carbons (Fsp3) is 0.143. The van der Waals surface area contributed by atoms with Crippen LogP contribution in [0.2, 0.25) is 0 Å². The Bertz CT molecular complexity index is 550. The Hall–Kier alpha value is -1.45. The number of phosphoric acid groups is 1. The summed E-state index contributed by atoms with van der Waals surface area (Å²) in [5.74, 6) is 0. The van der Waals surface area contributed by atoms with E-state index >= 15 is 0 Å². The van der Waals surface area contributed by atoms with E-state index in [0.717, 1.165) is 5.56 Å². The summed E-state index contributed by atoms with van der Waals surface area (Å²) in [5, 5.41) is 0. The Morgan fingerprint density at radius 2 is 1.47 bits per heavy atom. The molecule has 4 nitrogen and oxygen atoms in total. The molecule has 5 heteroatoms. The third-order valence-electron chi connectivity index (χ3n) is 2.69. The van der Waals surface area contributed by atoms with Crippen molar-refractivity contribution in [3.63, 3.8) is 0 Å². The van der Waals surface area contributed by atoms with Crippen LogP contribution in [0.25, 0.3) is 0 Å². The zero-order valence-electron chi connectivity index (χ0n) is 10.1. The fourth-order valence-electron chi connectivity index (χ4n) is 1.87. The van der Waals surface area contributed by atoms with Gasteiger partial charge in [-0.2, -0.15) is 0 Å². The lowest BCUT2D eigenvalue weighted by Gasteiger charge is -2.33. The van der Waals surface area contributed by atoms with Gasteiger partial charge in [0.1, 0.15) is 0 Å². The molecular weight excluding hydrogens is 263 g/mol. The van der Waals surface area contributed by atoms with Crippen molar-refractivity contribution in [2.45, 2.75) is 12.5 Å². The average Bonchev–Trinajstić information content (AvgIpc) is 2.39. The van der Waals surface area contributed by atoms with E-state index in [2.05, 4.69) is 4.52 Å². The van der Waals surface area contributed by atoms with E-state index in [4.69, 9.17) is 0 Å². The third kappa shape index (κ3) is 4.62. The van der Waals surface area contributed by atoms with Crippen LogP contribution in [0.15, 0.2) is 60.7 Å². The Morgan fingerprint density at radius 1 is 0.947 bits per heavy atom. The molecule has 0 aromatic heterocycles. The smallest absolute Gasteiger partial charge is 0.0917 e. The molecule has 0 saturated heterocycles. The van der Waals surface area contributed by atoms with E-state index < -0.39 is 13.9 Å². The number of rotatable bonds is 5. The van der Waals surface area contributed by atoms with Gasteiger partial charge < -0.3 is 18.9 Å². The lowest BCUT2D eigenvalue weighted by molar-refractivity contribution is -0.345. The SMILES string of the molecule is O=P([O-])([O-])OC(Cc1ccccc1)c1ccccc1. The molecule has 1 atom stereocenters. The Balaban J connectivity index is 2.22. The lowest BCUT2D eigenvalue weighted by Crippen LogP contribution is -2.20. The molecule has 0 spiro atoms. The van der Waals surface area contributed by atoms with Crippen molar-refractivity contribution >= 4 is 7.82 Å². The van der Waals surface area contributed by atoms with Gasteiger partial charge in [-0.05, 0) is 11.1 Å². The summed E-state index contributed by atoms with van der Waals surface area (Å²) in [7, 11) is -5.02. The number of hydrogen-bond acceptors (Lipinski definition) is 4. The molecule has 1 unspecified atom stereocenters. The summed E-state index contributed by atoms with van der Waals surface area (Å²) < 4.78 is 15.5. The standard InChI is InChI=1S/C14H15O4P/c15-19(16,17)18-14(13-9-5-2-6-10-13)11-12-7-3-1-4-8-12/h1-10,14H,11H2,(H2,15,16,17)/p-2. The molecule has 100 valence electrons. The zero-order valence-corrected chi connectivity index (χ0v) is 11.0. The maximum Gasteiger partial charge on any atom is 0.0917 e. The molecule has 0 aliphatic rings. The molecule has 2 aromatic rings. The molecule has 0 aliphatic heterocycles. The van der Waals surface area contributed by atoms with Crippen molar-refractivity contribution in [1.29, 1.82) is 0 Å². The van der Waals surface area contributed by atoms with Crippen molar-refractivity contribution in [1.82, 2.24) is 0 Å². The number of hydrogen-bond donors (Lipinski definition) is 0. The minimum atomic E-state index is -5.02. The first-order valence-electron chi connectivity index (χ1n) is 5.84. The van der Waals surface area contributed by atoms with Crippen LogP contribution < -0.4 is 9.79 Å². The van der Waals surface area contributed by atoms with Crippen LogP contribution in [0.1, 0.15) is 17.2 Å². The molecule has 2 aromatic carbocycles. The van der Waals surface area contributed by atoms with Crippen LogP contribution in [0.4, 0.5) is 0 Å². The molecule has 0 amide bonds. The minimum absolute atomic E-state index is 0.333. The largest absolute Gasteiger partial charge is 0.790 e. The highest BCUT2D eigenvalue weighted by Gasteiger charge is 2.14. The fourth-order valence-corrected chi connectivity index (χ4v) is 2.38. The first kappa shape index (κ1) is 14.0. The highest BCUT2D eigenvalue weighted by molar-refractivity contribution is 7.43. The van der Waals surface area contributed by atoms with Gasteiger partial charge in [0, 0.05) is 6.42 Å². The van der Waals surface area contributed by atoms with Crippen molar-refractivity contribution in [3.8, 4) is 0 Å². The molecule has 0 bridgehead atoms. The number of phosphoric ester groups is 1. The van der Waals surface area contributed by atoms with Gasteiger partial charge >= 0.3 is 0 Å². The molecule has 0 aliphatic carbocycles. The van der Waals surface area contributed by atoms with E-state index in [1.54, 1.807) is 24.3 Å². The maximum atomic E-state index is 10.9. The maximum absolute atomic E-state index is 10.9. The van der Waals surface area contributed by atoms with Crippen LogP contribution in [0.5, 0.6) is 0 Å². The summed E-state index contributed by atoms with van der Waals surface area (Å²) in [6.45, 7) is 0. The molecule has 0 heterocycles. The van der Waals surface area contributed by atoms with E-state index in [0.29, 0.717) is 12.0 Å². The van der Waals surface area contributed by atoms with Gasteiger partial charge in [-0.15, -0.1) is 0 Å². The quantitative estimate of drug-likeness (QED) is 0.781. The number of benzene rings is 2. The Labute approximate surface area is 111 Å². The van der Waals surface area contributed by atoms with E-state index in [-0.39, 0.29) is 0 Å². The van der Waals surface area contributed by atoms with Crippen LogP contribution in [-0.4, -0.2) is 0 Å². The minimum Gasteiger partial charge on any atom is -0.790 e. The average molecular weight is 276 g/mol. The van der Waals surface area contributed by atoms with Crippen LogP contribution in [-0.2, 0) is 15.5 Å². The zero-order chi connectivity index (χ0) is 13.7. The van der Waals surface area contributed by atoms with Crippen molar-refractivity contribution in [2.24, 2.45) is 0 Å². The van der Waals surface area contributed by atoms with Gasteiger partial charge in [0.25, 0.3) is 0 Å². The monoisotopic (exact) mass is 276 g/mol. The summed E-state index contributed by atoms with van der Waals surface area (Å²) in [6, 6.07) is 18.1. The summed E-state index contributed by atoms with van der Waals surface area (Å²) >= 11 is 0. The predicted octanol–water partition coefficient (Wildman–Crippen LogP) is 1.82. The molecular formula is C14H13O4P-2. The van der Waals surface area contributed by atoms with E-state index in [1.165, 1.54) is 0 Å². The summed E-state index contributed by atoms with van der Waals surface area (Å²) in [6.07, 6.45) is -0.455. The summed E-state index contributed by atoms with van der Waals surface area (Å²) in [5.41, 5.74) is 1.57. The predicted molar refractivity (Wildman–Crippen MR) is 68.0 cm³/mol. The third-order valence-corrected chi connectivity index (χ3v) is 3.20. The van der Waals surface area contributed by atoms with E-state index in [1.807, 2.05) is 36.4 Å². The van der Waals surface area contributed by atoms with Gasteiger partial charge in [0.2, 0.25) is 0 Å². The highest BCUT2D eigenvalue weighted by atomic mass is 31.2. The first-order chi connectivity index (χ1) is 9.04. The van der Waals surface area contributed by atoms with E-state index in [9.17, 15) is 14.4 Å². The van der Waals surface area contributed by atoms with Crippen LogP contribution in [0, 0.1) is 0 Å². The summed E-state index contributed by atoms with van der Waals surface area (Å²) in [4.78, 5) is 21.7. The second-order valence-corrected chi connectivity index (χ2v) is 5.25. The molecule has 19 heavy (non-hydrogen) atoms. The molecule has 2 rings (SSSR count). The van der Waals surface area contributed by atoms with Gasteiger partial charge in [-0.25, -0.2) is 0 Å². The highest BCUT2D eigenvalue weighted by Crippen LogP contribution is 2.36. The van der Waals surface area contributed by atoms with Crippen molar-refractivity contribution < 1.29 is 18.9 Å². The van der Waals surface area contributed by atoms with Gasteiger partial charge in [0.05, 0.1) is 13.9 Å². The Kier molecular flexibility index (Phi) is 4.51.